The van der Waals surface area contributed by atoms with Gasteiger partial charge < -0.3 is 10.1 Å². The van der Waals surface area contributed by atoms with Gasteiger partial charge >= 0.3 is 6.09 Å². The van der Waals surface area contributed by atoms with Gasteiger partial charge in [0.2, 0.25) is 0 Å². The lowest BCUT2D eigenvalue weighted by Gasteiger charge is -2.32. The molecule has 0 bridgehead atoms. The van der Waals surface area contributed by atoms with Gasteiger partial charge in [-0.1, -0.05) is 18.2 Å². The van der Waals surface area contributed by atoms with Gasteiger partial charge in [-0.15, -0.1) is 0 Å². The Morgan fingerprint density at radius 2 is 2.05 bits per heavy atom. The Hall–Kier alpha value is -1.62. The molecule has 20 heavy (non-hydrogen) atoms. The van der Waals surface area contributed by atoms with Crippen LogP contribution in [-0.2, 0) is 11.3 Å². The van der Waals surface area contributed by atoms with Crippen molar-refractivity contribution in [3.05, 3.63) is 35.6 Å². The van der Waals surface area contributed by atoms with Gasteiger partial charge in [-0.3, -0.25) is 4.90 Å². The molecule has 2 aliphatic heterocycles. The molecule has 1 aromatic rings. The Labute approximate surface area is 117 Å². The maximum absolute atomic E-state index is 13.8. The van der Waals surface area contributed by atoms with Crippen LogP contribution in [0.4, 0.5) is 9.18 Å². The van der Waals surface area contributed by atoms with Crippen LogP contribution in [0.25, 0.3) is 0 Å². The van der Waals surface area contributed by atoms with Crippen LogP contribution in [0.5, 0.6) is 0 Å². The van der Waals surface area contributed by atoms with E-state index in [-0.39, 0.29) is 18.0 Å². The van der Waals surface area contributed by atoms with Gasteiger partial charge in [-0.05, 0) is 37.9 Å². The fourth-order valence-electron chi connectivity index (χ4n) is 3.08. The molecule has 2 heterocycles. The van der Waals surface area contributed by atoms with E-state index in [1.807, 2.05) is 0 Å². The second-order valence-electron chi connectivity index (χ2n) is 5.45. The second-order valence-corrected chi connectivity index (χ2v) is 5.45. The van der Waals surface area contributed by atoms with Gasteiger partial charge in [0.25, 0.3) is 0 Å². The normalized spacial score (nSPS) is 23.9. The number of hydrogen-bond donors (Lipinski definition) is 1. The van der Waals surface area contributed by atoms with E-state index in [4.69, 9.17) is 4.74 Å². The lowest BCUT2D eigenvalue weighted by Crippen LogP contribution is -2.43. The zero-order valence-corrected chi connectivity index (χ0v) is 11.3. The number of nitrogens with zero attached hydrogens (tertiary/aromatic N) is 1. The van der Waals surface area contributed by atoms with Crippen LogP contribution in [0.15, 0.2) is 24.3 Å². The van der Waals surface area contributed by atoms with Gasteiger partial charge in [0, 0.05) is 5.56 Å². The molecule has 1 aromatic carbocycles. The van der Waals surface area contributed by atoms with Crippen LogP contribution >= 0.6 is 0 Å². The number of carbonyl (C=O) groups is 1. The Morgan fingerprint density at radius 3 is 2.80 bits per heavy atom. The highest BCUT2D eigenvalue weighted by Crippen LogP contribution is 2.28. The summed E-state index contributed by atoms with van der Waals surface area (Å²) >= 11 is 0. The molecule has 2 saturated heterocycles. The van der Waals surface area contributed by atoms with E-state index in [0.717, 1.165) is 25.9 Å². The number of carbonyl (C=O) groups excluding carboxylic acids is 1. The molecule has 4 nitrogen and oxygen atoms in total. The van der Waals surface area contributed by atoms with E-state index >= 15 is 0 Å². The molecule has 1 amide bonds. The first-order chi connectivity index (χ1) is 9.75. The lowest BCUT2D eigenvalue weighted by molar-refractivity contribution is 0.151. The quantitative estimate of drug-likeness (QED) is 0.921. The van der Waals surface area contributed by atoms with E-state index in [9.17, 15) is 9.18 Å². The number of halogens is 1. The topological polar surface area (TPSA) is 41.6 Å². The standard InChI is InChI=1S/C15H19FN2O2/c16-13-4-2-1-3-12(13)9-18-14(10-20-15(18)19)11-5-7-17-8-6-11/h1-4,11,14,17H,5-10H2. The van der Waals surface area contributed by atoms with Crippen molar-refractivity contribution >= 4 is 6.09 Å². The number of nitrogens with one attached hydrogen (secondary N) is 1. The maximum atomic E-state index is 13.8. The van der Waals surface area contributed by atoms with Crippen molar-refractivity contribution in [3.63, 3.8) is 0 Å². The first kappa shape index (κ1) is 13.4. The molecule has 1 unspecified atom stereocenters. The molecule has 108 valence electrons. The average Bonchev–Trinajstić information content (AvgIpc) is 2.84. The van der Waals surface area contributed by atoms with Crippen LogP contribution in [0.2, 0.25) is 0 Å². The van der Waals surface area contributed by atoms with E-state index in [2.05, 4.69) is 5.32 Å². The molecule has 5 heteroatoms. The van der Waals surface area contributed by atoms with Gasteiger partial charge in [0.05, 0.1) is 12.6 Å². The summed E-state index contributed by atoms with van der Waals surface area (Å²) in [5, 5.41) is 3.32. The lowest BCUT2D eigenvalue weighted by atomic mass is 9.90. The number of cyclic esters (lactones) is 1. The summed E-state index contributed by atoms with van der Waals surface area (Å²) in [4.78, 5) is 13.6. The zero-order valence-electron chi connectivity index (χ0n) is 11.3. The van der Waals surface area contributed by atoms with Gasteiger partial charge in [-0.25, -0.2) is 9.18 Å². The van der Waals surface area contributed by atoms with Crippen molar-refractivity contribution in [1.82, 2.24) is 10.2 Å². The predicted octanol–water partition coefficient (Wildman–Crippen LogP) is 2.15. The molecule has 1 atom stereocenters. The fraction of sp³-hybridized carbons (Fsp3) is 0.533. The zero-order chi connectivity index (χ0) is 13.9. The summed E-state index contributed by atoms with van der Waals surface area (Å²) in [5.74, 6) is 0.172. The minimum atomic E-state index is -0.322. The van der Waals surface area contributed by atoms with E-state index in [1.165, 1.54) is 6.07 Å². The van der Waals surface area contributed by atoms with Crippen molar-refractivity contribution in [2.24, 2.45) is 5.92 Å². The van der Waals surface area contributed by atoms with Crippen LogP contribution in [0, 0.1) is 11.7 Å². The fourth-order valence-corrected chi connectivity index (χ4v) is 3.08. The molecule has 0 radical (unpaired) electrons. The van der Waals surface area contributed by atoms with Crippen molar-refractivity contribution < 1.29 is 13.9 Å². The minimum Gasteiger partial charge on any atom is -0.447 e. The molecule has 2 fully saturated rings. The molecule has 0 spiro atoms. The summed E-state index contributed by atoms with van der Waals surface area (Å²) in [6, 6.07) is 6.67. The third-order valence-corrected chi connectivity index (χ3v) is 4.24. The number of rotatable bonds is 3. The summed E-state index contributed by atoms with van der Waals surface area (Å²) in [5.41, 5.74) is 0.547. The largest absolute Gasteiger partial charge is 0.447 e. The number of amides is 1. The van der Waals surface area contributed by atoms with Gasteiger partial charge in [0.1, 0.15) is 12.4 Å². The molecule has 0 aliphatic carbocycles. The Balaban J connectivity index is 1.75. The summed E-state index contributed by atoms with van der Waals surface area (Å²) in [6.45, 7) is 2.67. The Bertz CT molecular complexity index is 489. The monoisotopic (exact) mass is 278 g/mol. The van der Waals surface area contributed by atoms with E-state index in [1.54, 1.807) is 23.1 Å². The molecular formula is C15H19FN2O2. The summed E-state index contributed by atoms with van der Waals surface area (Å²) in [7, 11) is 0. The number of hydrogen-bond acceptors (Lipinski definition) is 3. The molecule has 2 aliphatic rings. The van der Waals surface area contributed by atoms with Gasteiger partial charge in [0.15, 0.2) is 0 Å². The third-order valence-electron chi connectivity index (χ3n) is 4.24. The SMILES string of the molecule is O=C1OCC(C2CCNCC2)N1Cc1ccccc1F. The molecule has 3 rings (SSSR count). The highest BCUT2D eigenvalue weighted by molar-refractivity contribution is 5.70. The van der Waals surface area contributed by atoms with Crippen molar-refractivity contribution in [1.29, 1.82) is 0 Å². The first-order valence-electron chi connectivity index (χ1n) is 7.13. The van der Waals surface area contributed by atoms with E-state index < -0.39 is 0 Å². The molecule has 0 aromatic heterocycles. The van der Waals surface area contributed by atoms with Gasteiger partial charge in [-0.2, -0.15) is 0 Å². The van der Waals surface area contributed by atoms with Crippen LogP contribution in [0.1, 0.15) is 18.4 Å². The van der Waals surface area contributed by atoms with Crippen molar-refractivity contribution in [2.75, 3.05) is 19.7 Å². The van der Waals surface area contributed by atoms with Crippen molar-refractivity contribution in [3.8, 4) is 0 Å². The predicted molar refractivity (Wildman–Crippen MR) is 72.7 cm³/mol. The van der Waals surface area contributed by atoms with E-state index in [0.29, 0.717) is 24.6 Å². The minimum absolute atomic E-state index is 0.0733. The van der Waals surface area contributed by atoms with Crippen LogP contribution in [-0.4, -0.2) is 36.7 Å². The average molecular weight is 278 g/mol. The number of ether oxygens (including phenoxy) is 1. The second kappa shape index (κ2) is 5.79. The Kier molecular flexibility index (Phi) is 3.87. The molecule has 0 saturated carbocycles. The van der Waals surface area contributed by atoms with Crippen LogP contribution in [0.3, 0.4) is 0 Å². The Morgan fingerprint density at radius 1 is 1.30 bits per heavy atom. The van der Waals surface area contributed by atoms with Crippen molar-refractivity contribution in [2.45, 2.75) is 25.4 Å². The molecule has 1 N–H and O–H groups in total. The highest BCUT2D eigenvalue weighted by Gasteiger charge is 2.38. The third kappa shape index (κ3) is 2.63. The summed E-state index contributed by atoms with van der Waals surface area (Å²) in [6.07, 6.45) is 1.75. The van der Waals surface area contributed by atoms with Crippen LogP contribution < -0.4 is 5.32 Å². The highest BCUT2D eigenvalue weighted by atomic mass is 19.1. The smallest absolute Gasteiger partial charge is 0.410 e. The number of piperidine rings is 1. The molecular weight excluding hydrogens is 259 g/mol. The first-order valence-corrected chi connectivity index (χ1v) is 7.13. The summed E-state index contributed by atoms with van der Waals surface area (Å²) < 4.78 is 18.9. The maximum Gasteiger partial charge on any atom is 0.410 e. The number of benzene rings is 1.